The van der Waals surface area contributed by atoms with Gasteiger partial charge in [0.2, 0.25) is 0 Å². The van der Waals surface area contributed by atoms with E-state index in [4.69, 9.17) is 9.47 Å². The number of ether oxygens (including phenoxy) is 2. The number of rotatable bonds is 12. The zero-order valence-electron chi connectivity index (χ0n) is 14.4. The van der Waals surface area contributed by atoms with E-state index in [0.29, 0.717) is 0 Å². The number of ketones is 1. The fraction of sp³-hybridized carbons (Fsp3) is 0.933. The Morgan fingerprint density at radius 1 is 0.808 bits per heavy atom. The molecule has 0 aliphatic rings. The van der Waals surface area contributed by atoms with E-state index >= 15 is 0 Å². The molecular weight excluding hydrogens is 374 g/mol. The van der Waals surface area contributed by atoms with Crippen molar-refractivity contribution in [2.45, 2.75) is 76.3 Å². The molecule has 0 heterocycles. The van der Waals surface area contributed by atoms with Gasteiger partial charge in [-0.2, -0.15) is 26.3 Å². The van der Waals surface area contributed by atoms with E-state index < -0.39 is 68.2 Å². The third kappa shape index (κ3) is 9.15. The number of aliphatic hydroxyl groups is 2. The van der Waals surface area contributed by atoms with E-state index in [2.05, 4.69) is 0 Å². The van der Waals surface area contributed by atoms with Gasteiger partial charge in [-0.05, 0) is 26.7 Å². The monoisotopic (exact) mass is 398 g/mol. The first-order valence-electron chi connectivity index (χ1n) is 8.09. The molecule has 0 aromatic carbocycles. The topological polar surface area (TPSA) is 76.0 Å². The third-order valence-electron chi connectivity index (χ3n) is 3.55. The summed E-state index contributed by atoms with van der Waals surface area (Å²) in [6, 6.07) is 0. The summed E-state index contributed by atoms with van der Waals surface area (Å²) in [6.45, 7) is 2.61. The Labute approximate surface area is 147 Å². The Morgan fingerprint density at radius 3 is 1.35 bits per heavy atom. The molecular formula is C15H24F6O5. The van der Waals surface area contributed by atoms with Gasteiger partial charge in [0, 0.05) is 26.1 Å². The van der Waals surface area contributed by atoms with Gasteiger partial charge in [0.1, 0.15) is 5.78 Å². The standard InChI is InChI=1S/C15H24F6O5/c1-3-25-10(12(23)14(16,17)18)7-5-9(22)6-8-11(26-4-2)13(24)15(19,20)21/h10-13,23-24H,3-8H2,1-2H3. The van der Waals surface area contributed by atoms with E-state index in [1.807, 2.05) is 0 Å². The lowest BCUT2D eigenvalue weighted by molar-refractivity contribution is -0.237. The maximum atomic E-state index is 12.5. The molecule has 0 fully saturated rings. The van der Waals surface area contributed by atoms with Crippen molar-refractivity contribution in [3.63, 3.8) is 0 Å². The second-order valence-electron chi connectivity index (χ2n) is 5.58. The molecule has 4 atom stereocenters. The van der Waals surface area contributed by atoms with E-state index in [1.54, 1.807) is 0 Å². The Hall–Kier alpha value is -0.910. The van der Waals surface area contributed by atoms with Crippen LogP contribution >= 0.6 is 0 Å². The Morgan fingerprint density at radius 2 is 1.12 bits per heavy atom. The van der Waals surface area contributed by atoms with Gasteiger partial charge in [0.15, 0.2) is 12.2 Å². The molecule has 0 saturated carbocycles. The van der Waals surface area contributed by atoms with Crippen LogP contribution in [0.2, 0.25) is 0 Å². The number of carbonyl (C=O) groups is 1. The first kappa shape index (κ1) is 25.1. The highest BCUT2D eigenvalue weighted by molar-refractivity contribution is 5.78. The van der Waals surface area contributed by atoms with Crippen molar-refractivity contribution in [2.75, 3.05) is 13.2 Å². The predicted octanol–water partition coefficient (Wildman–Crippen LogP) is 2.77. The molecule has 156 valence electrons. The molecule has 2 N–H and O–H groups in total. The van der Waals surface area contributed by atoms with E-state index in [-0.39, 0.29) is 13.2 Å². The highest BCUT2D eigenvalue weighted by atomic mass is 19.4. The Kier molecular flexibility index (Phi) is 10.7. The zero-order valence-corrected chi connectivity index (χ0v) is 14.4. The minimum atomic E-state index is -4.92. The van der Waals surface area contributed by atoms with Crippen LogP contribution in [-0.2, 0) is 14.3 Å². The number of aliphatic hydroxyl groups excluding tert-OH is 2. The smallest absolute Gasteiger partial charge is 0.381 e. The number of carbonyl (C=O) groups excluding carboxylic acids is 1. The van der Waals surface area contributed by atoms with Crippen molar-refractivity contribution in [1.29, 1.82) is 0 Å². The largest absolute Gasteiger partial charge is 0.416 e. The van der Waals surface area contributed by atoms with Gasteiger partial charge in [-0.3, -0.25) is 4.79 Å². The molecule has 0 aromatic heterocycles. The van der Waals surface area contributed by atoms with Gasteiger partial charge in [-0.25, -0.2) is 0 Å². The zero-order chi connectivity index (χ0) is 20.5. The number of Topliss-reactive ketones (excluding diaryl/α,β-unsaturated/α-hetero) is 1. The minimum Gasteiger partial charge on any atom is -0.381 e. The van der Waals surface area contributed by atoms with Crippen molar-refractivity contribution in [3.8, 4) is 0 Å². The Balaban J connectivity index is 4.62. The number of alkyl halides is 6. The van der Waals surface area contributed by atoms with Gasteiger partial charge < -0.3 is 19.7 Å². The van der Waals surface area contributed by atoms with Crippen LogP contribution in [0.15, 0.2) is 0 Å². The van der Waals surface area contributed by atoms with Gasteiger partial charge in [-0.1, -0.05) is 0 Å². The lowest BCUT2D eigenvalue weighted by Gasteiger charge is -2.25. The van der Waals surface area contributed by atoms with Crippen molar-refractivity contribution >= 4 is 5.78 Å². The fourth-order valence-corrected chi connectivity index (χ4v) is 2.25. The fourth-order valence-electron chi connectivity index (χ4n) is 2.25. The maximum absolute atomic E-state index is 12.5. The molecule has 0 amide bonds. The molecule has 0 bridgehead atoms. The van der Waals surface area contributed by atoms with Gasteiger partial charge >= 0.3 is 12.4 Å². The SMILES string of the molecule is CCOC(CCC(=O)CCC(OCC)C(O)C(F)(F)F)C(O)C(F)(F)F. The summed E-state index contributed by atoms with van der Waals surface area (Å²) in [5.41, 5.74) is 0. The molecule has 5 nitrogen and oxygen atoms in total. The van der Waals surface area contributed by atoms with Crippen LogP contribution in [-0.4, -0.2) is 66.0 Å². The number of hydrogen-bond donors (Lipinski definition) is 2. The normalized spacial score (nSPS) is 17.6. The highest BCUT2D eigenvalue weighted by Crippen LogP contribution is 2.28. The second kappa shape index (κ2) is 11.1. The van der Waals surface area contributed by atoms with Crippen LogP contribution in [0.3, 0.4) is 0 Å². The van der Waals surface area contributed by atoms with Crippen LogP contribution in [0.5, 0.6) is 0 Å². The van der Waals surface area contributed by atoms with Crippen LogP contribution in [0.4, 0.5) is 26.3 Å². The summed E-state index contributed by atoms with van der Waals surface area (Å²) in [6.07, 6.45) is -20.4. The van der Waals surface area contributed by atoms with Gasteiger partial charge in [0.05, 0.1) is 12.2 Å². The molecule has 0 radical (unpaired) electrons. The van der Waals surface area contributed by atoms with Crippen LogP contribution < -0.4 is 0 Å². The quantitative estimate of drug-likeness (QED) is 0.495. The average Bonchev–Trinajstić information content (AvgIpc) is 2.52. The maximum Gasteiger partial charge on any atom is 0.416 e. The first-order valence-corrected chi connectivity index (χ1v) is 8.09. The van der Waals surface area contributed by atoms with Gasteiger partial charge in [0.25, 0.3) is 0 Å². The highest BCUT2D eigenvalue weighted by Gasteiger charge is 2.45. The third-order valence-corrected chi connectivity index (χ3v) is 3.55. The van der Waals surface area contributed by atoms with E-state index in [1.165, 1.54) is 13.8 Å². The molecule has 11 heteroatoms. The van der Waals surface area contributed by atoms with E-state index in [0.717, 1.165) is 0 Å². The lowest BCUT2D eigenvalue weighted by Crippen LogP contribution is -2.42. The minimum absolute atomic E-state index is 0.115. The summed E-state index contributed by atoms with van der Waals surface area (Å²) >= 11 is 0. The summed E-state index contributed by atoms with van der Waals surface area (Å²) in [7, 11) is 0. The number of halogens is 6. The molecule has 0 saturated heterocycles. The molecule has 0 aliphatic carbocycles. The lowest BCUT2D eigenvalue weighted by atomic mass is 10.0. The second-order valence-corrected chi connectivity index (χ2v) is 5.58. The molecule has 0 spiro atoms. The average molecular weight is 398 g/mol. The van der Waals surface area contributed by atoms with Crippen molar-refractivity contribution < 1.29 is 50.8 Å². The summed E-state index contributed by atoms with van der Waals surface area (Å²) < 4.78 is 84.7. The molecule has 0 aliphatic heterocycles. The summed E-state index contributed by atoms with van der Waals surface area (Å²) in [5.74, 6) is -0.622. The summed E-state index contributed by atoms with van der Waals surface area (Å²) in [4.78, 5) is 11.8. The molecule has 4 unspecified atom stereocenters. The van der Waals surface area contributed by atoms with Crippen molar-refractivity contribution in [2.24, 2.45) is 0 Å². The van der Waals surface area contributed by atoms with Crippen molar-refractivity contribution in [1.82, 2.24) is 0 Å². The number of hydrogen-bond acceptors (Lipinski definition) is 5. The predicted molar refractivity (Wildman–Crippen MR) is 78.4 cm³/mol. The van der Waals surface area contributed by atoms with Crippen LogP contribution in [0.1, 0.15) is 39.5 Å². The van der Waals surface area contributed by atoms with Crippen molar-refractivity contribution in [3.05, 3.63) is 0 Å². The molecule has 0 rings (SSSR count). The Bertz CT molecular complexity index is 376. The first-order chi connectivity index (χ1) is 11.8. The van der Waals surface area contributed by atoms with Crippen LogP contribution in [0.25, 0.3) is 0 Å². The molecule has 26 heavy (non-hydrogen) atoms. The van der Waals surface area contributed by atoms with Crippen LogP contribution in [0, 0.1) is 0 Å². The molecule has 0 aromatic rings. The van der Waals surface area contributed by atoms with E-state index in [9.17, 15) is 41.4 Å². The van der Waals surface area contributed by atoms with Gasteiger partial charge in [-0.15, -0.1) is 0 Å². The summed E-state index contributed by atoms with van der Waals surface area (Å²) in [5, 5.41) is 18.4.